The molecule has 8 N–H and O–H groups in total. The zero-order valence-electron chi connectivity index (χ0n) is 29.2. The number of benzene rings is 1. The number of H-pyrrole nitrogens is 1. The second-order valence-electron chi connectivity index (χ2n) is 14.7. The molecule has 21 heteroatoms. The van der Waals surface area contributed by atoms with Gasteiger partial charge in [0.25, 0.3) is 22.9 Å². The molecule has 3 fully saturated rings. The Morgan fingerprint density at radius 3 is 2.43 bits per heavy atom. The van der Waals surface area contributed by atoms with E-state index < -0.39 is 69.1 Å². The number of hydrogen-bond acceptors (Lipinski definition) is 14. The molecule has 0 radical (unpaired) electrons. The predicted molar refractivity (Wildman–Crippen MR) is 194 cm³/mol. The number of aromatic amines is 1. The number of oxime groups is 1. The zero-order chi connectivity index (χ0) is 39.1. The first-order chi connectivity index (χ1) is 25.3. The van der Waals surface area contributed by atoms with Crippen LogP contribution in [0.4, 0.5) is 5.13 Å². The largest absolute Gasteiger partial charge is 0.504 e. The third-order valence-corrected chi connectivity index (χ3v) is 12.9. The predicted octanol–water partition coefficient (Wildman–Crippen LogP) is 0.162. The van der Waals surface area contributed by atoms with Gasteiger partial charge in [0.1, 0.15) is 29.4 Å². The van der Waals surface area contributed by atoms with Gasteiger partial charge in [-0.15, -0.1) is 23.1 Å². The van der Waals surface area contributed by atoms with E-state index in [1.807, 2.05) is 6.92 Å². The number of fused-ring (bicyclic) bond motifs is 4. The van der Waals surface area contributed by atoms with Gasteiger partial charge < -0.3 is 40.8 Å². The van der Waals surface area contributed by atoms with Gasteiger partial charge in [-0.05, 0) is 32.9 Å². The van der Waals surface area contributed by atoms with Crippen LogP contribution < -0.4 is 22.2 Å². The Balaban J connectivity index is 1.10. The van der Waals surface area contributed by atoms with Crippen molar-refractivity contribution in [3.8, 4) is 11.5 Å². The summed E-state index contributed by atoms with van der Waals surface area (Å²) in [5.74, 6) is -5.21. The number of β-lactam (4-membered cyclic amide) rings is 1. The fraction of sp³-hybridized carbons (Fsp3) is 0.455. The van der Waals surface area contributed by atoms with Crippen LogP contribution in [0.2, 0.25) is 0 Å². The van der Waals surface area contributed by atoms with Crippen LogP contribution in [-0.4, -0.2) is 122 Å². The van der Waals surface area contributed by atoms with Crippen molar-refractivity contribution in [3.05, 3.63) is 55.2 Å². The normalized spacial score (nSPS) is 26.5. The molecule has 286 valence electrons. The number of aromatic nitrogens is 3. The van der Waals surface area contributed by atoms with E-state index in [-0.39, 0.29) is 44.5 Å². The van der Waals surface area contributed by atoms with E-state index in [1.54, 1.807) is 0 Å². The van der Waals surface area contributed by atoms with Crippen molar-refractivity contribution in [3.63, 3.8) is 0 Å². The number of nitrogen functional groups attached to an aromatic ring is 1. The number of phenols is 2. The molecule has 7 rings (SSSR count). The topological polar surface area (TPSA) is 280 Å². The molecule has 2 amide bonds. The molecule has 1 aromatic carbocycles. The first-order valence-electron chi connectivity index (χ1n) is 16.8. The number of carbonyl (C=O) groups excluding carboxylic acids is 2. The fourth-order valence-corrected chi connectivity index (χ4v) is 9.82. The monoisotopic (exact) mass is 785 g/mol. The Morgan fingerprint density at radius 2 is 1.81 bits per heavy atom. The number of phenolic OH excluding ortho intramolecular Hbond substituents is 2. The molecule has 0 aliphatic carbocycles. The number of nitrogens with one attached hydrogen (secondary N) is 2. The summed E-state index contributed by atoms with van der Waals surface area (Å²) in [6.45, 7) is 6.79. The van der Waals surface area contributed by atoms with Gasteiger partial charge in [0.2, 0.25) is 5.60 Å². The second kappa shape index (κ2) is 12.9. The lowest BCUT2D eigenvalue weighted by Gasteiger charge is -2.51. The van der Waals surface area contributed by atoms with Crippen LogP contribution in [0.1, 0.15) is 39.3 Å². The number of aromatic hydroxyl groups is 2. The van der Waals surface area contributed by atoms with Gasteiger partial charge in [0, 0.05) is 34.5 Å². The van der Waals surface area contributed by atoms with Gasteiger partial charge in [-0.3, -0.25) is 29.2 Å². The summed E-state index contributed by atoms with van der Waals surface area (Å²) in [5.41, 5.74) is 2.45. The number of amides is 2. The highest BCUT2D eigenvalue weighted by Crippen LogP contribution is 2.50. The Morgan fingerprint density at radius 1 is 1.15 bits per heavy atom. The van der Waals surface area contributed by atoms with Crippen LogP contribution in [0.25, 0.3) is 10.8 Å². The van der Waals surface area contributed by atoms with Gasteiger partial charge in [0.15, 0.2) is 22.3 Å². The van der Waals surface area contributed by atoms with Crippen molar-refractivity contribution in [2.45, 2.75) is 62.4 Å². The van der Waals surface area contributed by atoms with Gasteiger partial charge in [-0.2, -0.15) is 0 Å². The Labute approximate surface area is 313 Å². The van der Waals surface area contributed by atoms with Crippen LogP contribution in [0, 0.1) is 5.41 Å². The van der Waals surface area contributed by atoms with E-state index in [0.29, 0.717) is 49.1 Å². The molecular formula is C33H37N8O11S2+. The number of piperidine rings is 1. The summed E-state index contributed by atoms with van der Waals surface area (Å²) in [4.78, 5) is 88.2. The minimum absolute atomic E-state index is 0.00412. The van der Waals surface area contributed by atoms with E-state index >= 15 is 0 Å². The Kier molecular flexibility index (Phi) is 8.80. The third-order valence-electron chi connectivity index (χ3n) is 10.7. The molecule has 3 saturated heterocycles. The quantitative estimate of drug-likeness (QED) is 0.0449. The maximum atomic E-state index is 13.6. The van der Waals surface area contributed by atoms with E-state index in [1.165, 1.54) is 40.6 Å². The number of anilines is 1. The molecule has 4 aliphatic heterocycles. The van der Waals surface area contributed by atoms with Crippen molar-refractivity contribution in [1.29, 1.82) is 0 Å². The first-order valence-corrected chi connectivity index (χ1v) is 18.7. The molecule has 19 nitrogen and oxygen atoms in total. The number of carbonyl (C=O) groups is 4. The average molecular weight is 786 g/mol. The smallest absolute Gasteiger partial charge is 0.352 e. The van der Waals surface area contributed by atoms with Gasteiger partial charge in [-0.1, -0.05) is 5.16 Å². The SMILES string of the molecule is C[C@@H]1S[C@@H]2[C@H](NC(=O)/C(=N\OC(C)(C)C(=O)O)c3csc(N)n3)C(=O)N2C(C(=O)O)=C1C[N+]12CCC(Cn3[nH]c(=O)c4cc(O)c(O)cc4c3=O)(CC1)C2. The molecule has 3 aromatic rings. The summed E-state index contributed by atoms with van der Waals surface area (Å²) >= 11 is 2.33. The van der Waals surface area contributed by atoms with Crippen molar-refractivity contribution < 1.29 is 48.9 Å². The lowest BCUT2D eigenvalue weighted by molar-refractivity contribution is -0.905. The van der Waals surface area contributed by atoms with Crippen LogP contribution in [-0.2, 0) is 30.6 Å². The van der Waals surface area contributed by atoms with Crippen molar-refractivity contribution in [2.75, 3.05) is 31.9 Å². The number of carboxylic acid groups (broad SMARTS) is 2. The number of hydrogen-bond donors (Lipinski definition) is 7. The molecule has 0 unspecified atom stereocenters. The summed E-state index contributed by atoms with van der Waals surface area (Å²) in [7, 11) is 0. The second-order valence-corrected chi connectivity index (χ2v) is 17.1. The minimum atomic E-state index is -1.80. The summed E-state index contributed by atoms with van der Waals surface area (Å²) in [6, 6.07) is 0.983. The van der Waals surface area contributed by atoms with E-state index in [0.717, 1.165) is 23.5 Å². The van der Waals surface area contributed by atoms with Crippen molar-refractivity contribution in [2.24, 2.45) is 10.6 Å². The highest BCUT2D eigenvalue weighted by atomic mass is 32.2. The van der Waals surface area contributed by atoms with Crippen LogP contribution in [0.5, 0.6) is 11.5 Å². The van der Waals surface area contributed by atoms with Gasteiger partial charge in [0.05, 0.1) is 37.0 Å². The van der Waals surface area contributed by atoms with Crippen molar-refractivity contribution >= 4 is 68.5 Å². The third kappa shape index (κ3) is 6.14. The summed E-state index contributed by atoms with van der Waals surface area (Å²) in [5, 5.41) is 49.0. The lowest BCUT2D eigenvalue weighted by Crippen LogP contribution is -2.71. The van der Waals surface area contributed by atoms with Gasteiger partial charge >= 0.3 is 11.9 Å². The number of carboxylic acids is 2. The molecular weight excluding hydrogens is 749 g/mol. The lowest BCUT2D eigenvalue weighted by atomic mass is 9.84. The van der Waals surface area contributed by atoms with E-state index in [4.69, 9.17) is 10.6 Å². The summed E-state index contributed by atoms with van der Waals surface area (Å²) < 4.78 is 1.76. The number of thioether (sulfide) groups is 1. The van der Waals surface area contributed by atoms with Crippen LogP contribution in [0.3, 0.4) is 0 Å². The van der Waals surface area contributed by atoms with Crippen LogP contribution >= 0.6 is 23.1 Å². The molecule has 4 aliphatic rings. The number of rotatable bonds is 11. The maximum absolute atomic E-state index is 13.6. The number of nitrogens with zero attached hydrogens (tertiary/aromatic N) is 5. The van der Waals surface area contributed by atoms with Crippen LogP contribution in [0.15, 0.2) is 43.5 Å². The molecule has 54 heavy (non-hydrogen) atoms. The summed E-state index contributed by atoms with van der Waals surface area (Å²) in [6.07, 6.45) is 1.39. The first kappa shape index (κ1) is 36.9. The Bertz CT molecular complexity index is 2320. The van der Waals surface area contributed by atoms with Gasteiger partial charge in [-0.25, -0.2) is 19.3 Å². The molecule has 2 aromatic heterocycles. The fourth-order valence-electron chi connectivity index (χ4n) is 7.83. The minimum Gasteiger partial charge on any atom is -0.504 e. The molecule has 3 atom stereocenters. The van der Waals surface area contributed by atoms with E-state index in [2.05, 4.69) is 20.6 Å². The highest BCUT2D eigenvalue weighted by molar-refractivity contribution is 8.00. The standard InChI is InChI=1S/C33H36N8O11S2/c1-14-17(10-41-6-4-33(13-41,5-7-41)12-39-26(46)16-9-20(43)19(42)8-15(16)24(44)37-39)23(29(48)49)40-27(47)22(28(40)54-14)36-25(45)21(18-11-53-31(34)35-18)38-52-32(2,3)30(50)51/h8-9,11,14,22,28H,4-7,10,12-13H2,1-3H3,(H7-,34,35,36,37,38,42,43,44,45,46,48,49,50,51)/p+1/t14-,22+,28+,33?,41?/m0/s1. The number of nitrogens with two attached hydrogens (primary N) is 1. The zero-order valence-corrected chi connectivity index (χ0v) is 30.8. The van der Waals surface area contributed by atoms with E-state index in [9.17, 15) is 49.2 Å². The maximum Gasteiger partial charge on any atom is 0.352 e. The molecule has 0 spiro atoms. The molecule has 6 heterocycles. The average Bonchev–Trinajstić information content (AvgIpc) is 3.80. The van der Waals surface area contributed by atoms with Crippen molar-refractivity contribution in [1.82, 2.24) is 25.0 Å². The Hall–Kier alpha value is -5.41. The number of quaternary nitrogens is 1. The number of thiazole rings is 1. The molecule has 2 bridgehead atoms. The number of aliphatic carboxylic acids is 2. The highest BCUT2D eigenvalue weighted by Gasteiger charge is 2.60. The molecule has 0 saturated carbocycles.